The number of likely N-dealkylation sites (tertiary alicyclic amines) is 2. The van der Waals surface area contributed by atoms with Gasteiger partial charge in [-0.2, -0.15) is 0 Å². The zero-order valence-corrected chi connectivity index (χ0v) is 17.5. The van der Waals surface area contributed by atoms with Crippen LogP contribution < -0.4 is 5.56 Å². The molecule has 7 nitrogen and oxygen atoms in total. The lowest BCUT2D eigenvalue weighted by Crippen LogP contribution is -2.49. The third kappa shape index (κ3) is 3.50. The zero-order valence-electron chi connectivity index (χ0n) is 17.5. The third-order valence-corrected chi connectivity index (χ3v) is 6.93. The van der Waals surface area contributed by atoms with E-state index in [9.17, 15) is 9.59 Å². The van der Waals surface area contributed by atoms with Gasteiger partial charge in [0.15, 0.2) is 5.76 Å². The number of carbonyl (C=O) groups excluding carboxylic acids is 1. The summed E-state index contributed by atoms with van der Waals surface area (Å²) in [5, 5.41) is 0. The number of fused-ring (bicyclic) bond motifs is 4. The van der Waals surface area contributed by atoms with Crippen molar-refractivity contribution in [1.29, 1.82) is 0 Å². The van der Waals surface area contributed by atoms with Crippen molar-refractivity contribution in [2.24, 2.45) is 5.92 Å². The molecule has 2 fully saturated rings. The van der Waals surface area contributed by atoms with E-state index >= 15 is 0 Å². The monoisotopic (exact) mass is 411 g/mol. The highest BCUT2D eigenvalue weighted by Gasteiger charge is 2.37. The summed E-state index contributed by atoms with van der Waals surface area (Å²) >= 11 is 0. The predicted molar refractivity (Wildman–Crippen MR) is 111 cm³/mol. The molecule has 7 heteroatoms. The van der Waals surface area contributed by atoms with Gasteiger partial charge in [0.25, 0.3) is 11.5 Å². The van der Waals surface area contributed by atoms with E-state index < -0.39 is 0 Å². The Kier molecular flexibility index (Phi) is 5.25. The molecule has 0 aromatic carbocycles. The maximum absolute atomic E-state index is 13.3. The van der Waals surface area contributed by atoms with Gasteiger partial charge in [0.2, 0.25) is 0 Å². The number of nitrogens with zero attached hydrogens (tertiary/aromatic N) is 3. The number of aromatic nitrogens is 1. The maximum Gasteiger partial charge on any atom is 0.289 e. The van der Waals surface area contributed by atoms with Gasteiger partial charge in [-0.1, -0.05) is 6.07 Å². The fourth-order valence-corrected chi connectivity index (χ4v) is 5.54. The third-order valence-electron chi connectivity index (χ3n) is 6.93. The van der Waals surface area contributed by atoms with E-state index in [4.69, 9.17) is 9.15 Å². The van der Waals surface area contributed by atoms with E-state index in [1.807, 2.05) is 15.5 Å². The second-order valence-corrected chi connectivity index (χ2v) is 8.91. The van der Waals surface area contributed by atoms with Crippen molar-refractivity contribution in [1.82, 2.24) is 14.4 Å². The number of methoxy groups -OCH3 is 1. The minimum Gasteiger partial charge on any atom is -0.459 e. The number of amides is 1. The fourth-order valence-electron chi connectivity index (χ4n) is 5.54. The van der Waals surface area contributed by atoms with Crippen molar-refractivity contribution in [3.05, 3.63) is 57.9 Å². The van der Waals surface area contributed by atoms with E-state index in [0.717, 1.165) is 43.7 Å². The lowest BCUT2D eigenvalue weighted by molar-refractivity contribution is 0.0563. The number of carbonyl (C=O) groups is 1. The number of ether oxygens (including phenoxy) is 1. The molecule has 2 aromatic heterocycles. The van der Waals surface area contributed by atoms with Gasteiger partial charge in [0.1, 0.15) is 0 Å². The van der Waals surface area contributed by atoms with E-state index in [-0.39, 0.29) is 17.4 Å². The molecule has 0 radical (unpaired) electrons. The first kappa shape index (κ1) is 19.6. The van der Waals surface area contributed by atoms with Crippen LogP contribution in [0.4, 0.5) is 0 Å². The molecular weight excluding hydrogens is 382 g/mol. The van der Waals surface area contributed by atoms with Gasteiger partial charge in [0, 0.05) is 56.5 Å². The molecule has 3 aliphatic rings. The summed E-state index contributed by atoms with van der Waals surface area (Å²) in [5.41, 5.74) is 2.06. The topological polar surface area (TPSA) is 67.9 Å². The van der Waals surface area contributed by atoms with Gasteiger partial charge in [0.05, 0.1) is 12.9 Å². The van der Waals surface area contributed by atoms with Crippen LogP contribution in [0.1, 0.15) is 47.0 Å². The molecule has 2 aromatic rings. The second kappa shape index (κ2) is 8.04. The first-order chi connectivity index (χ1) is 14.6. The van der Waals surface area contributed by atoms with Crippen LogP contribution in [0, 0.1) is 5.92 Å². The highest BCUT2D eigenvalue weighted by molar-refractivity contribution is 5.91. The van der Waals surface area contributed by atoms with Gasteiger partial charge < -0.3 is 18.6 Å². The first-order valence-electron chi connectivity index (χ1n) is 10.9. The number of rotatable bonds is 5. The Labute approximate surface area is 176 Å². The molecular formula is C23H29N3O4. The molecule has 5 rings (SSSR count). The summed E-state index contributed by atoms with van der Waals surface area (Å²) in [5.74, 6) is 0.835. The van der Waals surface area contributed by atoms with Gasteiger partial charge >= 0.3 is 0 Å². The molecule has 2 bridgehead atoms. The average molecular weight is 412 g/mol. The van der Waals surface area contributed by atoms with E-state index in [1.54, 1.807) is 19.2 Å². The summed E-state index contributed by atoms with van der Waals surface area (Å²) in [4.78, 5) is 30.3. The zero-order chi connectivity index (χ0) is 20.7. The Bertz CT molecular complexity index is 967. The molecule has 0 spiro atoms. The van der Waals surface area contributed by atoms with Crippen molar-refractivity contribution in [2.45, 2.75) is 44.3 Å². The van der Waals surface area contributed by atoms with Gasteiger partial charge in [-0.05, 0) is 49.9 Å². The number of hydrogen-bond acceptors (Lipinski definition) is 5. The quantitative estimate of drug-likeness (QED) is 0.755. The van der Waals surface area contributed by atoms with Crippen LogP contribution in [-0.2, 0) is 17.8 Å². The van der Waals surface area contributed by atoms with Crippen molar-refractivity contribution < 1.29 is 13.9 Å². The van der Waals surface area contributed by atoms with Crippen molar-refractivity contribution >= 4 is 5.91 Å². The second-order valence-electron chi connectivity index (χ2n) is 8.91. The molecule has 3 atom stereocenters. The first-order valence-corrected chi connectivity index (χ1v) is 10.9. The largest absolute Gasteiger partial charge is 0.459 e. The number of piperidine rings is 1. The summed E-state index contributed by atoms with van der Waals surface area (Å²) in [6.07, 6.45) is 4.85. The number of furan rings is 1. The molecule has 5 heterocycles. The summed E-state index contributed by atoms with van der Waals surface area (Å²) in [6, 6.07) is 7.97. The summed E-state index contributed by atoms with van der Waals surface area (Å²) in [6.45, 7) is 4.42. The molecule has 3 aliphatic heterocycles. The maximum atomic E-state index is 13.3. The standard InChI is InChI=1S/C23H29N3O4/c1-29-15-19-4-2-8-24(19)13-17-6-7-20-18-10-16(12-26(20)22(17)27)11-25(14-18)23(28)21-5-3-9-30-21/h3,5-7,9,16,18-19H,2,4,8,10-15H2,1H3/t16-,18+,19-/m0/s1. The Balaban J connectivity index is 1.36. The van der Waals surface area contributed by atoms with Gasteiger partial charge in [-0.25, -0.2) is 0 Å². The average Bonchev–Trinajstić information content (AvgIpc) is 3.43. The summed E-state index contributed by atoms with van der Waals surface area (Å²) in [7, 11) is 1.74. The predicted octanol–water partition coefficient (Wildman–Crippen LogP) is 2.31. The Morgan fingerprint density at radius 1 is 1.23 bits per heavy atom. The minimum atomic E-state index is -0.0552. The Morgan fingerprint density at radius 3 is 2.93 bits per heavy atom. The normalized spacial score (nSPS) is 26.0. The van der Waals surface area contributed by atoms with E-state index in [1.165, 1.54) is 6.26 Å². The molecule has 0 unspecified atom stereocenters. The molecule has 0 aliphatic carbocycles. The SMILES string of the molecule is COC[C@@H]1CCCN1Cc1ccc2n(c1=O)C[C@H]1C[C@@H]2CN(C(=O)c2ccco2)C1. The van der Waals surface area contributed by atoms with E-state index in [0.29, 0.717) is 43.9 Å². The lowest BCUT2D eigenvalue weighted by atomic mass is 9.83. The van der Waals surface area contributed by atoms with Crippen LogP contribution in [0.2, 0.25) is 0 Å². The van der Waals surface area contributed by atoms with Crippen LogP contribution in [0.3, 0.4) is 0 Å². The van der Waals surface area contributed by atoms with Crippen LogP contribution in [0.15, 0.2) is 39.7 Å². The number of hydrogen-bond donors (Lipinski definition) is 0. The minimum absolute atomic E-state index is 0.0552. The Hall–Kier alpha value is -2.38. The van der Waals surface area contributed by atoms with Gasteiger partial charge in [-0.3, -0.25) is 14.5 Å². The molecule has 0 N–H and O–H groups in total. The number of pyridine rings is 1. The molecule has 30 heavy (non-hydrogen) atoms. The van der Waals surface area contributed by atoms with Gasteiger partial charge in [-0.15, -0.1) is 0 Å². The van der Waals surface area contributed by atoms with Crippen molar-refractivity contribution in [3.63, 3.8) is 0 Å². The molecule has 1 amide bonds. The van der Waals surface area contributed by atoms with Crippen LogP contribution >= 0.6 is 0 Å². The highest BCUT2D eigenvalue weighted by atomic mass is 16.5. The molecule has 2 saturated heterocycles. The van der Waals surface area contributed by atoms with Crippen LogP contribution in [0.25, 0.3) is 0 Å². The highest BCUT2D eigenvalue weighted by Crippen LogP contribution is 2.36. The lowest BCUT2D eigenvalue weighted by Gasteiger charge is -2.42. The van der Waals surface area contributed by atoms with Crippen LogP contribution in [-0.4, -0.2) is 59.7 Å². The van der Waals surface area contributed by atoms with Crippen molar-refractivity contribution in [2.75, 3.05) is 33.4 Å². The van der Waals surface area contributed by atoms with Crippen molar-refractivity contribution in [3.8, 4) is 0 Å². The smallest absolute Gasteiger partial charge is 0.289 e. The summed E-state index contributed by atoms with van der Waals surface area (Å²) < 4.78 is 12.6. The fraction of sp³-hybridized carbons (Fsp3) is 0.565. The van der Waals surface area contributed by atoms with E-state index in [2.05, 4.69) is 11.0 Å². The molecule has 0 saturated carbocycles. The molecule has 160 valence electrons. The Morgan fingerprint density at radius 2 is 2.13 bits per heavy atom. The van der Waals surface area contributed by atoms with Crippen LogP contribution in [0.5, 0.6) is 0 Å².